The average Bonchev–Trinajstić information content (AvgIpc) is 2.81. The molecule has 90 valence electrons. The van der Waals surface area contributed by atoms with Gasteiger partial charge in [-0.15, -0.1) is 0 Å². The molecule has 1 heterocycles. The van der Waals surface area contributed by atoms with Crippen molar-refractivity contribution in [3.05, 3.63) is 0 Å². The molecule has 4 nitrogen and oxygen atoms in total. The number of imide groups is 1. The van der Waals surface area contributed by atoms with Crippen molar-refractivity contribution in [2.75, 3.05) is 7.05 Å². The van der Waals surface area contributed by atoms with E-state index in [1.54, 1.807) is 7.05 Å². The summed E-state index contributed by atoms with van der Waals surface area (Å²) in [5.74, 6) is 0.550. The molecule has 1 saturated carbocycles. The summed E-state index contributed by atoms with van der Waals surface area (Å²) in [6.45, 7) is 2.19. The van der Waals surface area contributed by atoms with Crippen LogP contribution in [0.3, 0.4) is 0 Å². The number of hydrogen-bond acceptors (Lipinski definition) is 3. The van der Waals surface area contributed by atoms with Crippen LogP contribution in [0.5, 0.6) is 0 Å². The standard InChI is InChI=1S/C12H20N2O2/c1-3-8-5-4-6-9(8)13-10-7-11(15)14(2)12(10)16/h8-10,13H,3-7H2,1-2H3. The highest BCUT2D eigenvalue weighted by Crippen LogP contribution is 2.29. The van der Waals surface area contributed by atoms with E-state index in [2.05, 4.69) is 12.2 Å². The molecule has 16 heavy (non-hydrogen) atoms. The van der Waals surface area contributed by atoms with Gasteiger partial charge < -0.3 is 5.32 Å². The molecule has 0 aromatic carbocycles. The average molecular weight is 224 g/mol. The maximum atomic E-state index is 11.7. The Morgan fingerprint density at radius 3 is 2.69 bits per heavy atom. The largest absolute Gasteiger partial charge is 0.302 e. The highest BCUT2D eigenvalue weighted by Gasteiger charge is 2.38. The van der Waals surface area contributed by atoms with Gasteiger partial charge in [0, 0.05) is 13.1 Å². The lowest BCUT2D eigenvalue weighted by atomic mass is 9.99. The topological polar surface area (TPSA) is 49.4 Å². The molecule has 2 rings (SSSR count). The summed E-state index contributed by atoms with van der Waals surface area (Å²) in [5.41, 5.74) is 0. The molecule has 0 spiro atoms. The molecule has 0 aromatic rings. The van der Waals surface area contributed by atoms with E-state index in [4.69, 9.17) is 0 Å². The van der Waals surface area contributed by atoms with Crippen molar-refractivity contribution in [3.63, 3.8) is 0 Å². The Balaban J connectivity index is 1.95. The SMILES string of the molecule is CCC1CCCC1NC1CC(=O)N(C)C1=O. The van der Waals surface area contributed by atoms with Gasteiger partial charge in [0.25, 0.3) is 0 Å². The van der Waals surface area contributed by atoms with Crippen molar-refractivity contribution in [3.8, 4) is 0 Å². The first-order valence-corrected chi connectivity index (χ1v) is 6.20. The Bertz CT molecular complexity index is 303. The van der Waals surface area contributed by atoms with Crippen LogP contribution >= 0.6 is 0 Å². The number of rotatable bonds is 3. The van der Waals surface area contributed by atoms with Gasteiger partial charge in [-0.1, -0.05) is 19.8 Å². The molecular weight excluding hydrogens is 204 g/mol. The Hall–Kier alpha value is -0.900. The third-order valence-electron chi connectivity index (χ3n) is 3.98. The van der Waals surface area contributed by atoms with Gasteiger partial charge in [-0.05, 0) is 18.8 Å². The zero-order valence-corrected chi connectivity index (χ0v) is 10.0. The molecule has 0 bridgehead atoms. The maximum Gasteiger partial charge on any atom is 0.246 e. The Kier molecular flexibility index (Phi) is 3.28. The van der Waals surface area contributed by atoms with E-state index in [0.29, 0.717) is 18.4 Å². The first-order valence-electron chi connectivity index (χ1n) is 6.20. The lowest BCUT2D eigenvalue weighted by molar-refractivity contribution is -0.137. The van der Waals surface area contributed by atoms with Gasteiger partial charge in [0.15, 0.2) is 0 Å². The number of carbonyl (C=O) groups excluding carboxylic acids is 2. The van der Waals surface area contributed by atoms with Gasteiger partial charge in [-0.2, -0.15) is 0 Å². The van der Waals surface area contributed by atoms with E-state index in [1.807, 2.05) is 0 Å². The quantitative estimate of drug-likeness (QED) is 0.725. The molecule has 2 aliphatic rings. The van der Waals surface area contributed by atoms with E-state index in [1.165, 1.54) is 17.7 Å². The van der Waals surface area contributed by atoms with E-state index >= 15 is 0 Å². The third kappa shape index (κ3) is 1.98. The second kappa shape index (κ2) is 4.53. The summed E-state index contributed by atoms with van der Waals surface area (Å²) in [5, 5.41) is 3.38. The fourth-order valence-corrected chi connectivity index (χ4v) is 2.89. The molecule has 1 saturated heterocycles. The molecule has 3 unspecified atom stereocenters. The summed E-state index contributed by atoms with van der Waals surface area (Å²) >= 11 is 0. The highest BCUT2D eigenvalue weighted by atomic mass is 16.2. The number of nitrogens with one attached hydrogen (secondary N) is 1. The zero-order valence-electron chi connectivity index (χ0n) is 10.0. The molecular formula is C12H20N2O2. The maximum absolute atomic E-state index is 11.7. The summed E-state index contributed by atoms with van der Waals surface area (Å²) in [4.78, 5) is 24.4. The summed E-state index contributed by atoms with van der Waals surface area (Å²) in [6, 6.07) is 0.160. The predicted molar refractivity (Wildman–Crippen MR) is 60.7 cm³/mol. The van der Waals surface area contributed by atoms with Crippen LogP contribution in [-0.2, 0) is 9.59 Å². The number of amides is 2. The molecule has 0 aromatic heterocycles. The monoisotopic (exact) mass is 224 g/mol. The van der Waals surface area contributed by atoms with Gasteiger partial charge in [-0.25, -0.2) is 0 Å². The first kappa shape index (κ1) is 11.6. The molecule has 1 aliphatic heterocycles. The smallest absolute Gasteiger partial charge is 0.246 e. The van der Waals surface area contributed by atoms with Crippen molar-refractivity contribution >= 4 is 11.8 Å². The van der Waals surface area contributed by atoms with Crippen LogP contribution in [0.15, 0.2) is 0 Å². The van der Waals surface area contributed by atoms with Crippen LogP contribution in [0.1, 0.15) is 39.0 Å². The van der Waals surface area contributed by atoms with E-state index < -0.39 is 0 Å². The van der Waals surface area contributed by atoms with Crippen molar-refractivity contribution in [1.29, 1.82) is 0 Å². The molecule has 0 radical (unpaired) electrons. The summed E-state index contributed by atoms with van der Waals surface area (Å²) < 4.78 is 0. The van der Waals surface area contributed by atoms with Crippen molar-refractivity contribution in [2.45, 2.75) is 51.1 Å². The van der Waals surface area contributed by atoms with Crippen LogP contribution in [0, 0.1) is 5.92 Å². The lowest BCUT2D eigenvalue weighted by Gasteiger charge is -2.22. The van der Waals surface area contributed by atoms with Crippen LogP contribution in [0.25, 0.3) is 0 Å². The summed E-state index contributed by atoms with van der Waals surface area (Å²) in [6.07, 6.45) is 5.12. The third-order valence-corrected chi connectivity index (χ3v) is 3.98. The first-order chi connectivity index (χ1) is 7.63. The Labute approximate surface area is 96.4 Å². The van der Waals surface area contributed by atoms with E-state index in [9.17, 15) is 9.59 Å². The Morgan fingerprint density at radius 1 is 1.38 bits per heavy atom. The molecule has 2 amide bonds. The van der Waals surface area contributed by atoms with E-state index in [-0.39, 0.29) is 17.9 Å². The molecule has 4 heteroatoms. The van der Waals surface area contributed by atoms with Gasteiger partial charge in [0.05, 0.1) is 12.5 Å². The van der Waals surface area contributed by atoms with Gasteiger partial charge >= 0.3 is 0 Å². The molecule has 3 atom stereocenters. The number of likely N-dealkylation sites (N-methyl/N-ethyl adjacent to an activating group) is 1. The second-order valence-corrected chi connectivity index (χ2v) is 4.92. The number of nitrogens with zero attached hydrogens (tertiary/aromatic N) is 1. The van der Waals surface area contributed by atoms with Crippen LogP contribution in [-0.4, -0.2) is 35.8 Å². The minimum atomic E-state index is -0.269. The number of likely N-dealkylation sites (tertiary alicyclic amines) is 1. The van der Waals surface area contributed by atoms with Crippen LogP contribution in [0.2, 0.25) is 0 Å². The van der Waals surface area contributed by atoms with Gasteiger partial charge in [0.2, 0.25) is 11.8 Å². The minimum Gasteiger partial charge on any atom is -0.302 e. The number of carbonyl (C=O) groups is 2. The van der Waals surface area contributed by atoms with Crippen molar-refractivity contribution in [2.24, 2.45) is 5.92 Å². The minimum absolute atomic E-state index is 0.0615. The van der Waals surface area contributed by atoms with Crippen molar-refractivity contribution in [1.82, 2.24) is 10.2 Å². The summed E-state index contributed by atoms with van der Waals surface area (Å²) in [7, 11) is 1.57. The lowest BCUT2D eigenvalue weighted by Crippen LogP contribution is -2.44. The van der Waals surface area contributed by atoms with Crippen LogP contribution < -0.4 is 5.32 Å². The molecule has 2 fully saturated rings. The second-order valence-electron chi connectivity index (χ2n) is 4.92. The van der Waals surface area contributed by atoms with Gasteiger partial charge in [-0.3, -0.25) is 14.5 Å². The fraction of sp³-hybridized carbons (Fsp3) is 0.833. The van der Waals surface area contributed by atoms with Gasteiger partial charge in [0.1, 0.15) is 0 Å². The van der Waals surface area contributed by atoms with Crippen molar-refractivity contribution < 1.29 is 9.59 Å². The Morgan fingerprint density at radius 2 is 2.12 bits per heavy atom. The fourth-order valence-electron chi connectivity index (χ4n) is 2.89. The number of hydrogen-bond donors (Lipinski definition) is 1. The highest BCUT2D eigenvalue weighted by molar-refractivity contribution is 6.05. The normalized spacial score (nSPS) is 35.1. The van der Waals surface area contributed by atoms with Crippen LogP contribution in [0.4, 0.5) is 0 Å². The molecule has 1 N–H and O–H groups in total. The van der Waals surface area contributed by atoms with E-state index in [0.717, 1.165) is 12.8 Å². The predicted octanol–water partition coefficient (Wildman–Crippen LogP) is 0.912. The zero-order chi connectivity index (χ0) is 11.7. The molecule has 1 aliphatic carbocycles.